The Morgan fingerprint density at radius 1 is 1.11 bits per heavy atom. The van der Waals surface area contributed by atoms with Crippen molar-refractivity contribution in [3.05, 3.63) is 53.4 Å². The number of hydrogen-bond acceptors (Lipinski definition) is 6. The van der Waals surface area contributed by atoms with E-state index in [9.17, 15) is 18.0 Å². The molecule has 0 radical (unpaired) electrons. The van der Waals surface area contributed by atoms with E-state index in [4.69, 9.17) is 14.3 Å². The van der Waals surface area contributed by atoms with Gasteiger partial charge in [0.05, 0.1) is 22.1 Å². The van der Waals surface area contributed by atoms with Crippen LogP contribution in [-0.2, 0) is 24.3 Å². The normalized spacial score (nSPS) is 21.3. The van der Waals surface area contributed by atoms with Crippen LogP contribution in [0.15, 0.2) is 57.0 Å². The molecular formula is C19H18N2O6S. The molecule has 0 bridgehead atoms. The number of nitrogens with one attached hydrogen (secondary N) is 1. The molecule has 3 heterocycles. The van der Waals surface area contributed by atoms with Crippen LogP contribution in [-0.4, -0.2) is 25.9 Å². The van der Waals surface area contributed by atoms with Crippen LogP contribution in [0.2, 0.25) is 0 Å². The van der Waals surface area contributed by atoms with Crippen LogP contribution in [0.4, 0.5) is 0 Å². The lowest BCUT2D eigenvalue weighted by Gasteiger charge is -2.26. The van der Waals surface area contributed by atoms with Crippen molar-refractivity contribution >= 4 is 21.9 Å². The maximum atomic E-state index is 12.4. The Hall–Kier alpha value is -2.91. The number of esters is 1. The zero-order chi connectivity index (χ0) is 20.3. The number of rotatable bonds is 3. The second kappa shape index (κ2) is 6.05. The van der Waals surface area contributed by atoms with E-state index in [0.29, 0.717) is 28.4 Å². The van der Waals surface area contributed by atoms with Crippen molar-refractivity contribution in [2.75, 3.05) is 0 Å². The lowest BCUT2D eigenvalue weighted by Crippen LogP contribution is -2.38. The predicted octanol–water partition coefficient (Wildman–Crippen LogP) is 1.79. The maximum absolute atomic E-state index is 12.4. The Morgan fingerprint density at radius 3 is 2.43 bits per heavy atom. The fourth-order valence-corrected chi connectivity index (χ4v) is 4.04. The first kappa shape index (κ1) is 18.5. The molecule has 9 heteroatoms. The van der Waals surface area contributed by atoms with Crippen LogP contribution >= 0.6 is 0 Å². The molecule has 0 aliphatic carbocycles. The van der Waals surface area contributed by atoms with Gasteiger partial charge in [-0.1, -0.05) is 0 Å². The molecule has 4 rings (SSSR count). The van der Waals surface area contributed by atoms with E-state index >= 15 is 0 Å². The molecule has 2 aliphatic heterocycles. The monoisotopic (exact) mass is 402 g/mol. The van der Waals surface area contributed by atoms with E-state index < -0.39 is 27.5 Å². The maximum Gasteiger partial charge on any atom is 0.337 e. The summed E-state index contributed by atoms with van der Waals surface area (Å²) in [6.45, 7) is 3.44. The van der Waals surface area contributed by atoms with Gasteiger partial charge in [-0.15, -0.1) is 0 Å². The zero-order valence-corrected chi connectivity index (χ0v) is 16.0. The summed E-state index contributed by atoms with van der Waals surface area (Å²) >= 11 is 0. The van der Waals surface area contributed by atoms with Gasteiger partial charge in [0.2, 0.25) is 15.9 Å². The summed E-state index contributed by atoms with van der Waals surface area (Å²) in [5, 5.41) is 7.85. The highest BCUT2D eigenvalue weighted by molar-refractivity contribution is 7.89. The Bertz CT molecular complexity index is 1130. The van der Waals surface area contributed by atoms with Gasteiger partial charge in [-0.2, -0.15) is 0 Å². The molecule has 2 aromatic rings. The number of carbonyl (C=O) groups excluding carboxylic acids is 2. The summed E-state index contributed by atoms with van der Waals surface area (Å²) in [4.78, 5) is 24.5. The highest BCUT2D eigenvalue weighted by Gasteiger charge is 2.48. The van der Waals surface area contributed by atoms with Crippen LogP contribution in [0, 0.1) is 0 Å². The number of nitrogens with two attached hydrogens (primary N) is 1. The van der Waals surface area contributed by atoms with E-state index in [1.165, 1.54) is 12.1 Å². The molecule has 0 spiro atoms. The standard InChI is InChI=1S/C19H18N2O6S/c1-19(2)17-16(18(23)27-19)12(9-15(22)21-17)14-8-7-13(26-14)10-3-5-11(6-4-10)28(20,24)25/h3-8,12H,9H2,1-2H3,(H,21,22)(H2,20,24,25)/t12-/m0/s1. The van der Waals surface area contributed by atoms with E-state index in [2.05, 4.69) is 5.32 Å². The van der Waals surface area contributed by atoms with Gasteiger partial charge in [0.25, 0.3) is 0 Å². The fourth-order valence-electron chi connectivity index (χ4n) is 3.52. The Kier molecular flexibility index (Phi) is 3.98. The van der Waals surface area contributed by atoms with E-state index in [0.717, 1.165) is 0 Å². The van der Waals surface area contributed by atoms with Crippen molar-refractivity contribution in [1.82, 2.24) is 5.32 Å². The lowest BCUT2D eigenvalue weighted by molar-refractivity contribution is -0.144. The first-order valence-electron chi connectivity index (χ1n) is 8.57. The number of carbonyl (C=O) groups is 2. The van der Waals surface area contributed by atoms with Crippen LogP contribution in [0.5, 0.6) is 0 Å². The lowest BCUT2D eigenvalue weighted by atomic mass is 9.86. The predicted molar refractivity (Wildman–Crippen MR) is 98.2 cm³/mol. The molecule has 146 valence electrons. The quantitative estimate of drug-likeness (QED) is 0.753. The largest absolute Gasteiger partial charge is 0.460 e. The number of primary sulfonamides is 1. The molecular weight excluding hydrogens is 384 g/mol. The van der Waals surface area contributed by atoms with Gasteiger partial charge in [-0.25, -0.2) is 18.4 Å². The van der Waals surface area contributed by atoms with Crippen molar-refractivity contribution in [1.29, 1.82) is 0 Å². The zero-order valence-electron chi connectivity index (χ0n) is 15.2. The first-order valence-corrected chi connectivity index (χ1v) is 10.1. The minimum Gasteiger partial charge on any atom is -0.460 e. The third-order valence-electron chi connectivity index (χ3n) is 4.88. The molecule has 1 atom stereocenters. The molecule has 0 saturated heterocycles. The van der Waals surface area contributed by atoms with Gasteiger partial charge in [-0.3, -0.25) is 4.79 Å². The number of sulfonamides is 1. The second-order valence-corrected chi connectivity index (χ2v) is 8.83. The molecule has 0 unspecified atom stereocenters. The molecule has 3 N–H and O–H groups in total. The number of amides is 1. The average molecular weight is 402 g/mol. The summed E-state index contributed by atoms with van der Waals surface area (Å²) in [7, 11) is -3.78. The van der Waals surface area contributed by atoms with Crippen molar-refractivity contribution in [2.24, 2.45) is 5.14 Å². The average Bonchev–Trinajstić information content (AvgIpc) is 3.17. The van der Waals surface area contributed by atoms with E-state index in [-0.39, 0.29) is 17.2 Å². The van der Waals surface area contributed by atoms with Crippen LogP contribution < -0.4 is 10.5 Å². The minimum absolute atomic E-state index is 0.00212. The number of cyclic esters (lactones) is 1. The van der Waals surface area contributed by atoms with Gasteiger partial charge in [0.15, 0.2) is 0 Å². The Labute approximate surface area is 161 Å². The second-order valence-electron chi connectivity index (χ2n) is 7.26. The number of benzene rings is 1. The van der Waals surface area contributed by atoms with E-state index in [1.54, 1.807) is 38.1 Å². The molecule has 1 aromatic heterocycles. The summed E-state index contributed by atoms with van der Waals surface area (Å²) in [6, 6.07) is 9.34. The van der Waals surface area contributed by atoms with Gasteiger partial charge >= 0.3 is 5.97 Å². The minimum atomic E-state index is -3.78. The molecule has 0 saturated carbocycles. The summed E-state index contributed by atoms with van der Waals surface area (Å²) in [5.74, 6) is -0.293. The number of hydrogen-bond donors (Lipinski definition) is 2. The highest BCUT2D eigenvalue weighted by Crippen LogP contribution is 2.43. The Morgan fingerprint density at radius 2 is 1.79 bits per heavy atom. The van der Waals surface area contributed by atoms with Gasteiger partial charge in [0, 0.05) is 12.0 Å². The fraction of sp³-hybridized carbons (Fsp3) is 0.263. The topological polar surface area (TPSA) is 129 Å². The van der Waals surface area contributed by atoms with Gasteiger partial charge in [0.1, 0.15) is 17.1 Å². The summed E-state index contributed by atoms with van der Waals surface area (Å²) in [6.07, 6.45) is 0.0708. The molecule has 8 nitrogen and oxygen atoms in total. The third kappa shape index (κ3) is 3.02. The first-order chi connectivity index (χ1) is 13.1. The Balaban J connectivity index is 1.70. The third-order valence-corrected chi connectivity index (χ3v) is 5.81. The smallest absolute Gasteiger partial charge is 0.337 e. The highest BCUT2D eigenvalue weighted by atomic mass is 32.2. The summed E-state index contributed by atoms with van der Waals surface area (Å²) in [5.41, 5.74) is 0.603. The van der Waals surface area contributed by atoms with E-state index in [1.807, 2.05) is 0 Å². The number of furan rings is 1. The van der Waals surface area contributed by atoms with Crippen LogP contribution in [0.3, 0.4) is 0 Å². The van der Waals surface area contributed by atoms with Gasteiger partial charge < -0.3 is 14.5 Å². The molecule has 1 aromatic carbocycles. The molecule has 28 heavy (non-hydrogen) atoms. The van der Waals surface area contributed by atoms with Gasteiger partial charge in [-0.05, 0) is 50.2 Å². The van der Waals surface area contributed by atoms with Crippen LogP contribution in [0.25, 0.3) is 11.3 Å². The molecule has 0 fully saturated rings. The summed E-state index contributed by atoms with van der Waals surface area (Å²) < 4.78 is 34.1. The molecule has 1 amide bonds. The van der Waals surface area contributed by atoms with Crippen molar-refractivity contribution in [3.63, 3.8) is 0 Å². The SMILES string of the molecule is CC1(C)OC(=O)C2=C1NC(=O)C[C@H]2c1ccc(-c2ccc(S(N)(=O)=O)cc2)o1. The van der Waals surface area contributed by atoms with Crippen molar-refractivity contribution in [2.45, 2.75) is 36.7 Å². The van der Waals surface area contributed by atoms with Crippen molar-refractivity contribution in [3.8, 4) is 11.3 Å². The number of ether oxygens (including phenoxy) is 1. The van der Waals surface area contributed by atoms with Crippen molar-refractivity contribution < 1.29 is 27.2 Å². The van der Waals surface area contributed by atoms with Crippen LogP contribution in [0.1, 0.15) is 31.9 Å². The molecule has 2 aliphatic rings.